The van der Waals surface area contributed by atoms with Gasteiger partial charge >= 0.3 is 23.9 Å². The zero-order valence-corrected chi connectivity index (χ0v) is 33.7. The Morgan fingerprint density at radius 1 is 0.860 bits per heavy atom. The van der Waals surface area contributed by atoms with E-state index in [1.807, 2.05) is 0 Å². The van der Waals surface area contributed by atoms with Gasteiger partial charge in [-0.3, -0.25) is 24.0 Å². The minimum atomic E-state index is -2.22. The minimum absolute atomic E-state index is 0.0507. The lowest BCUT2D eigenvalue weighted by atomic mass is 9.41. The van der Waals surface area contributed by atoms with Gasteiger partial charge in [-0.2, -0.15) is 0 Å². The Balaban J connectivity index is 1.51. The second-order valence-corrected chi connectivity index (χ2v) is 17.0. The van der Waals surface area contributed by atoms with Crippen LogP contribution in [0.4, 0.5) is 0 Å². The molecular formula is C44H53NO12. The van der Waals surface area contributed by atoms with Crippen molar-refractivity contribution in [3.8, 4) is 0 Å². The van der Waals surface area contributed by atoms with Crippen molar-refractivity contribution in [2.75, 3.05) is 0 Å². The van der Waals surface area contributed by atoms with E-state index in [4.69, 9.17) is 18.9 Å². The summed E-state index contributed by atoms with van der Waals surface area (Å²) in [6.45, 7) is 12.0. The van der Waals surface area contributed by atoms with Gasteiger partial charge in [-0.25, -0.2) is 4.79 Å². The number of amides is 1. The van der Waals surface area contributed by atoms with Crippen LogP contribution in [0.3, 0.4) is 0 Å². The predicted octanol–water partition coefficient (Wildman–Crippen LogP) is 4.67. The van der Waals surface area contributed by atoms with Crippen LogP contribution in [-0.4, -0.2) is 87.4 Å². The van der Waals surface area contributed by atoms with Crippen molar-refractivity contribution in [3.63, 3.8) is 0 Å². The van der Waals surface area contributed by atoms with Crippen LogP contribution in [0.1, 0.15) is 102 Å². The maximum atomic E-state index is 15.4. The van der Waals surface area contributed by atoms with Crippen molar-refractivity contribution >= 4 is 35.6 Å². The van der Waals surface area contributed by atoms with E-state index in [0.29, 0.717) is 17.6 Å². The maximum absolute atomic E-state index is 15.4. The molecule has 3 N–H and O–H groups in total. The zero-order chi connectivity index (χ0) is 41.8. The number of rotatable bonds is 9. The number of benzene rings is 2. The first-order valence-electron chi connectivity index (χ1n) is 19.6. The first-order valence-corrected chi connectivity index (χ1v) is 19.6. The predicted molar refractivity (Wildman–Crippen MR) is 204 cm³/mol. The molecule has 0 aromatic heterocycles. The average molecular weight is 788 g/mol. The van der Waals surface area contributed by atoms with Gasteiger partial charge in [-0.1, -0.05) is 50.2 Å². The number of esters is 4. The Bertz CT molecular complexity index is 1980. The van der Waals surface area contributed by atoms with E-state index >= 15 is 4.79 Å². The van der Waals surface area contributed by atoms with Crippen LogP contribution < -0.4 is 5.32 Å². The Morgan fingerprint density at radius 3 is 2.00 bits per heavy atom. The van der Waals surface area contributed by atoms with Crippen LogP contribution in [0.25, 0.3) is 0 Å². The molecular weight excluding hydrogens is 734 g/mol. The summed E-state index contributed by atoms with van der Waals surface area (Å²) in [6.07, 6.45) is -5.56. The molecule has 11 atom stereocenters. The number of hydrogen-bond acceptors (Lipinski definition) is 12. The summed E-state index contributed by atoms with van der Waals surface area (Å²) >= 11 is 0. The van der Waals surface area contributed by atoms with E-state index in [1.54, 1.807) is 83.1 Å². The summed E-state index contributed by atoms with van der Waals surface area (Å²) in [6, 6.07) is 15.9. The quantitative estimate of drug-likeness (QED) is 0.181. The molecule has 306 valence electrons. The number of ketones is 1. The molecule has 0 aliphatic heterocycles. The third-order valence-electron chi connectivity index (χ3n) is 13.5. The van der Waals surface area contributed by atoms with Crippen molar-refractivity contribution in [3.05, 3.63) is 82.9 Å². The topological polar surface area (TPSA) is 192 Å². The number of aliphatic hydroxyl groups is 2. The van der Waals surface area contributed by atoms with Crippen LogP contribution in [0, 0.1) is 28.6 Å². The summed E-state index contributed by atoms with van der Waals surface area (Å²) in [5, 5.41) is 28.5. The van der Waals surface area contributed by atoms with Gasteiger partial charge in [-0.15, -0.1) is 0 Å². The highest BCUT2D eigenvalue weighted by Crippen LogP contribution is 2.67. The highest BCUT2D eigenvalue weighted by Gasteiger charge is 2.77. The van der Waals surface area contributed by atoms with Crippen LogP contribution in [0.2, 0.25) is 0 Å². The largest absolute Gasteiger partial charge is 0.458 e. The van der Waals surface area contributed by atoms with Gasteiger partial charge in [0, 0.05) is 43.2 Å². The second-order valence-electron chi connectivity index (χ2n) is 17.0. The van der Waals surface area contributed by atoms with Crippen molar-refractivity contribution < 1.29 is 57.9 Å². The number of carbonyl (C=O) groups excluding carboxylic acids is 6. The van der Waals surface area contributed by atoms with Gasteiger partial charge in [0.05, 0.1) is 28.9 Å². The standard InChI is InChI=1S/C44H53NO12/c1-23(25(3)45-38(50)28-15-11-9-12-16-28)39(51)55-31-22-44(53)37(56-40(52)29-17-13-10-14-18-29)35-42(8,32(48)21-30-19-20-43(30,35)57-27(5)47)36(49)34(54-26(4)46)33(24(31)2)41(44,6)7/h9-18,23,25,30-32,34-35,37,48,53H,19-22H2,1-8H3,(H,45,50)/t23?,25-,30+,31-,32-,34+,35-,37-,42+,43-,44+/m0/s1. The van der Waals surface area contributed by atoms with Crippen molar-refractivity contribution in [2.45, 2.75) is 123 Å². The summed E-state index contributed by atoms with van der Waals surface area (Å²) in [5.74, 6) is -6.93. The lowest BCUT2D eigenvalue weighted by molar-refractivity contribution is -0.296. The highest BCUT2D eigenvalue weighted by atomic mass is 16.6. The molecule has 2 aromatic carbocycles. The van der Waals surface area contributed by atoms with Crippen LogP contribution in [-0.2, 0) is 38.1 Å². The first kappa shape index (κ1) is 41.7. The Hall–Kier alpha value is -4.88. The van der Waals surface area contributed by atoms with Crippen LogP contribution in [0.15, 0.2) is 71.8 Å². The molecule has 57 heavy (non-hydrogen) atoms. The van der Waals surface area contributed by atoms with Crippen molar-refractivity contribution in [1.29, 1.82) is 0 Å². The van der Waals surface area contributed by atoms with E-state index in [1.165, 1.54) is 26.0 Å². The molecule has 1 unspecified atom stereocenters. The van der Waals surface area contributed by atoms with E-state index in [2.05, 4.69) is 5.32 Å². The number of fused-ring (bicyclic) bond motifs is 5. The van der Waals surface area contributed by atoms with Gasteiger partial charge in [0.25, 0.3) is 5.91 Å². The lowest BCUT2D eigenvalue weighted by Crippen LogP contribution is -2.78. The molecule has 13 heteroatoms. The molecule has 6 rings (SSSR count). The molecule has 0 spiro atoms. The zero-order valence-electron chi connectivity index (χ0n) is 33.7. The Morgan fingerprint density at radius 2 is 1.46 bits per heavy atom. The number of hydrogen-bond donors (Lipinski definition) is 3. The smallest absolute Gasteiger partial charge is 0.338 e. The molecule has 4 aliphatic carbocycles. The van der Waals surface area contributed by atoms with Crippen molar-refractivity contribution in [1.82, 2.24) is 5.32 Å². The second kappa shape index (κ2) is 15.1. The molecule has 0 saturated heterocycles. The molecule has 2 aromatic rings. The molecule has 13 nitrogen and oxygen atoms in total. The van der Waals surface area contributed by atoms with Gasteiger partial charge in [0.2, 0.25) is 0 Å². The number of ether oxygens (including phenoxy) is 4. The summed E-state index contributed by atoms with van der Waals surface area (Å²) in [4.78, 5) is 82.4. The summed E-state index contributed by atoms with van der Waals surface area (Å²) in [5.41, 5.74) is -6.16. The number of aliphatic hydroxyl groups excluding tert-OH is 1. The highest BCUT2D eigenvalue weighted by molar-refractivity contribution is 5.96. The fourth-order valence-electron chi connectivity index (χ4n) is 10.0. The minimum Gasteiger partial charge on any atom is -0.458 e. The average Bonchev–Trinajstić information content (AvgIpc) is 3.15. The third-order valence-corrected chi connectivity index (χ3v) is 13.5. The molecule has 4 aliphatic rings. The maximum Gasteiger partial charge on any atom is 0.338 e. The van der Waals surface area contributed by atoms with E-state index in [-0.39, 0.29) is 30.4 Å². The SMILES string of the molecule is CC(=O)O[C@H]1C(=O)[C@@]2(C)[C@H]([C@H](OC(=O)c3ccccc3)[C@]3(O)C[C@H](OC(=O)C(C)[C@H](C)NC(=O)c4ccccc4)C(C)=C1C3(C)C)[C@]1(OC(C)=O)CC[C@@H]1C[C@@H]2O. The van der Waals surface area contributed by atoms with Gasteiger partial charge < -0.3 is 34.5 Å². The molecule has 0 radical (unpaired) electrons. The fraction of sp³-hybridized carbons (Fsp3) is 0.545. The lowest BCUT2D eigenvalue weighted by Gasteiger charge is -2.68. The number of carbonyl (C=O) groups is 6. The third kappa shape index (κ3) is 6.86. The van der Waals surface area contributed by atoms with Gasteiger partial charge in [0.15, 0.2) is 11.9 Å². The molecule has 2 bridgehead atoms. The van der Waals surface area contributed by atoms with Crippen LogP contribution >= 0.6 is 0 Å². The molecule has 3 fully saturated rings. The van der Waals surface area contributed by atoms with E-state index in [9.17, 15) is 34.2 Å². The van der Waals surface area contributed by atoms with Crippen LogP contribution in [0.5, 0.6) is 0 Å². The van der Waals surface area contributed by atoms with Gasteiger partial charge in [-0.05, 0) is 82.4 Å². The first-order chi connectivity index (χ1) is 26.7. The summed E-state index contributed by atoms with van der Waals surface area (Å²) in [7, 11) is 0. The fourth-order valence-corrected chi connectivity index (χ4v) is 10.0. The van der Waals surface area contributed by atoms with E-state index < -0.39 is 106 Å². The Kier molecular flexibility index (Phi) is 11.1. The van der Waals surface area contributed by atoms with E-state index in [0.717, 1.165) is 6.92 Å². The molecule has 1 amide bonds. The normalized spacial score (nSPS) is 33.7. The number of Topliss-reactive ketones (excluding diaryl/α,β-unsaturated/α-hetero) is 1. The Labute approximate surface area is 332 Å². The molecule has 0 heterocycles. The van der Waals surface area contributed by atoms with Gasteiger partial charge in [0.1, 0.15) is 23.4 Å². The van der Waals surface area contributed by atoms with Crippen molar-refractivity contribution in [2.24, 2.45) is 28.6 Å². The number of nitrogens with one attached hydrogen (secondary N) is 1. The molecule has 3 saturated carbocycles. The summed E-state index contributed by atoms with van der Waals surface area (Å²) < 4.78 is 24.7. The monoisotopic (exact) mass is 787 g/mol.